The molecular formula is C23H24F3N3O2. The summed E-state index contributed by atoms with van der Waals surface area (Å²) < 4.78 is 51.8. The molecule has 5 nitrogen and oxygen atoms in total. The number of benzene rings is 2. The van der Waals surface area contributed by atoms with Crippen LogP contribution in [-0.2, 0) is 12.8 Å². The first-order valence-electron chi connectivity index (χ1n) is 10.0. The van der Waals surface area contributed by atoms with E-state index in [2.05, 4.69) is 9.97 Å². The topological polar surface area (TPSA) is 47.5 Å². The summed E-state index contributed by atoms with van der Waals surface area (Å²) in [7, 11) is 0. The highest BCUT2D eigenvalue weighted by molar-refractivity contribution is 5.65. The van der Waals surface area contributed by atoms with Crippen LogP contribution in [0.1, 0.15) is 31.4 Å². The Hall–Kier alpha value is -3.29. The second kappa shape index (κ2) is 10.1. The summed E-state index contributed by atoms with van der Waals surface area (Å²) in [4.78, 5) is 9.82. The molecule has 2 aromatic carbocycles. The van der Waals surface area contributed by atoms with Gasteiger partial charge in [0.25, 0.3) is 0 Å². The van der Waals surface area contributed by atoms with Gasteiger partial charge in [0.2, 0.25) is 11.8 Å². The molecule has 1 heterocycles. The third-order valence-electron chi connectivity index (χ3n) is 4.44. The zero-order valence-electron chi connectivity index (χ0n) is 17.4. The summed E-state index contributed by atoms with van der Waals surface area (Å²) in [5, 5.41) is 0. The summed E-state index contributed by atoms with van der Waals surface area (Å²) >= 11 is 0. The molecule has 0 saturated heterocycles. The van der Waals surface area contributed by atoms with Gasteiger partial charge < -0.3 is 14.4 Å². The van der Waals surface area contributed by atoms with Gasteiger partial charge in [0.05, 0.1) is 12.3 Å². The Morgan fingerprint density at radius 1 is 0.935 bits per heavy atom. The molecule has 0 aliphatic rings. The predicted octanol–water partition coefficient (Wildman–Crippen LogP) is 6.02. The maximum absolute atomic E-state index is 13.5. The number of para-hydroxylation sites is 2. The van der Waals surface area contributed by atoms with Crippen LogP contribution in [-0.4, -0.2) is 23.1 Å². The van der Waals surface area contributed by atoms with Crippen LogP contribution >= 0.6 is 0 Å². The van der Waals surface area contributed by atoms with Gasteiger partial charge in [0.1, 0.15) is 17.9 Å². The smallest absolute Gasteiger partial charge is 0.423 e. The lowest BCUT2D eigenvalue weighted by molar-refractivity contribution is -0.139. The standard InChI is InChI=1S/C23H24F3N3O2/c1-3-14-30-20-13-9-8-12-19(20)29(4-2)22-27-15-18(23(24,25)26)21(28-22)31-16-17-10-6-5-7-11-17/h5-13,15H,3-4,14,16H2,1-2H3. The van der Waals surface area contributed by atoms with Crippen molar-refractivity contribution in [2.75, 3.05) is 18.1 Å². The van der Waals surface area contributed by atoms with Gasteiger partial charge in [-0.05, 0) is 31.0 Å². The predicted molar refractivity (Wildman–Crippen MR) is 113 cm³/mol. The number of ether oxygens (including phenoxy) is 2. The molecule has 3 aromatic rings. The second-order valence-corrected chi connectivity index (χ2v) is 6.72. The van der Waals surface area contributed by atoms with Crippen molar-refractivity contribution in [1.82, 2.24) is 9.97 Å². The number of anilines is 2. The summed E-state index contributed by atoms with van der Waals surface area (Å²) in [5.74, 6) is 0.208. The van der Waals surface area contributed by atoms with Gasteiger partial charge in [-0.1, -0.05) is 49.4 Å². The molecule has 0 fully saturated rings. The number of alkyl halides is 3. The van der Waals surface area contributed by atoms with Gasteiger partial charge in [-0.25, -0.2) is 4.98 Å². The van der Waals surface area contributed by atoms with Crippen LogP contribution < -0.4 is 14.4 Å². The van der Waals surface area contributed by atoms with Crippen molar-refractivity contribution >= 4 is 11.6 Å². The average molecular weight is 431 g/mol. The SMILES string of the molecule is CCCOc1ccccc1N(CC)c1ncc(C(F)(F)F)c(OCc2ccccc2)n1. The fraction of sp³-hybridized carbons (Fsp3) is 0.304. The van der Waals surface area contributed by atoms with Crippen molar-refractivity contribution in [2.24, 2.45) is 0 Å². The molecule has 31 heavy (non-hydrogen) atoms. The van der Waals surface area contributed by atoms with Gasteiger partial charge >= 0.3 is 6.18 Å². The molecule has 0 spiro atoms. The molecule has 0 aliphatic carbocycles. The molecule has 0 bridgehead atoms. The summed E-state index contributed by atoms with van der Waals surface area (Å²) in [6, 6.07) is 16.2. The maximum Gasteiger partial charge on any atom is 0.423 e. The van der Waals surface area contributed by atoms with Crippen molar-refractivity contribution in [3.05, 3.63) is 71.9 Å². The Morgan fingerprint density at radius 2 is 1.65 bits per heavy atom. The Labute approximate surface area is 179 Å². The monoisotopic (exact) mass is 431 g/mol. The van der Waals surface area contributed by atoms with Crippen molar-refractivity contribution in [2.45, 2.75) is 33.1 Å². The molecule has 0 unspecified atom stereocenters. The van der Waals surface area contributed by atoms with Gasteiger partial charge in [-0.2, -0.15) is 18.2 Å². The number of hydrogen-bond donors (Lipinski definition) is 0. The van der Waals surface area contributed by atoms with E-state index in [-0.39, 0.29) is 12.6 Å². The first kappa shape index (κ1) is 22.4. The molecule has 0 radical (unpaired) electrons. The van der Waals surface area contributed by atoms with Crippen molar-refractivity contribution < 1.29 is 22.6 Å². The Bertz CT molecular complexity index is 981. The minimum Gasteiger partial charge on any atom is -0.491 e. The van der Waals surface area contributed by atoms with E-state index in [0.29, 0.717) is 24.6 Å². The Balaban J connectivity index is 1.97. The van der Waals surface area contributed by atoms with E-state index in [1.54, 1.807) is 29.2 Å². The molecule has 0 atom stereocenters. The molecule has 3 rings (SSSR count). The van der Waals surface area contributed by atoms with Crippen molar-refractivity contribution in [3.8, 4) is 11.6 Å². The minimum absolute atomic E-state index is 0.0390. The van der Waals surface area contributed by atoms with Crippen LogP contribution in [0.4, 0.5) is 24.8 Å². The van der Waals surface area contributed by atoms with Gasteiger partial charge in [-0.3, -0.25) is 0 Å². The van der Waals surface area contributed by atoms with Crippen LogP contribution in [0.2, 0.25) is 0 Å². The fourth-order valence-electron chi connectivity index (χ4n) is 2.95. The summed E-state index contributed by atoms with van der Waals surface area (Å²) in [6.07, 6.45) is -3.04. The zero-order chi connectivity index (χ0) is 22.3. The van der Waals surface area contributed by atoms with Crippen molar-refractivity contribution in [1.29, 1.82) is 0 Å². The molecular weight excluding hydrogens is 407 g/mol. The van der Waals surface area contributed by atoms with Gasteiger partial charge in [-0.15, -0.1) is 0 Å². The molecule has 0 saturated carbocycles. The van der Waals surface area contributed by atoms with Crippen LogP contribution in [0.25, 0.3) is 0 Å². The third kappa shape index (κ3) is 5.65. The summed E-state index contributed by atoms with van der Waals surface area (Å²) in [6.45, 7) is 4.77. The molecule has 164 valence electrons. The number of nitrogens with zero attached hydrogens (tertiary/aromatic N) is 3. The van der Waals surface area contributed by atoms with E-state index in [9.17, 15) is 13.2 Å². The summed E-state index contributed by atoms with van der Waals surface area (Å²) in [5.41, 5.74) is 0.396. The van der Waals surface area contributed by atoms with E-state index >= 15 is 0 Å². The molecule has 1 aromatic heterocycles. The third-order valence-corrected chi connectivity index (χ3v) is 4.44. The largest absolute Gasteiger partial charge is 0.491 e. The van der Waals surface area contributed by atoms with E-state index in [1.807, 2.05) is 44.2 Å². The number of aromatic nitrogens is 2. The second-order valence-electron chi connectivity index (χ2n) is 6.72. The Morgan fingerprint density at radius 3 is 2.32 bits per heavy atom. The molecule has 0 aliphatic heterocycles. The van der Waals surface area contributed by atoms with Crippen LogP contribution in [0.5, 0.6) is 11.6 Å². The Kier molecular flexibility index (Phi) is 7.33. The number of hydrogen-bond acceptors (Lipinski definition) is 5. The minimum atomic E-state index is -4.64. The zero-order valence-corrected chi connectivity index (χ0v) is 17.4. The first-order valence-corrected chi connectivity index (χ1v) is 10.0. The van der Waals surface area contributed by atoms with Gasteiger partial charge in [0.15, 0.2) is 0 Å². The molecule has 8 heteroatoms. The molecule has 0 amide bonds. The highest BCUT2D eigenvalue weighted by Crippen LogP contribution is 2.38. The normalized spacial score (nSPS) is 11.3. The van der Waals surface area contributed by atoms with E-state index in [4.69, 9.17) is 9.47 Å². The highest BCUT2D eigenvalue weighted by Gasteiger charge is 2.36. The van der Waals surface area contributed by atoms with E-state index in [0.717, 1.165) is 18.2 Å². The van der Waals surface area contributed by atoms with Crippen LogP contribution in [0, 0.1) is 0 Å². The number of rotatable bonds is 9. The van der Waals surface area contributed by atoms with Crippen molar-refractivity contribution in [3.63, 3.8) is 0 Å². The van der Waals surface area contributed by atoms with Crippen LogP contribution in [0.3, 0.4) is 0 Å². The lowest BCUT2D eigenvalue weighted by atomic mass is 10.2. The average Bonchev–Trinajstić information content (AvgIpc) is 2.77. The highest BCUT2D eigenvalue weighted by atomic mass is 19.4. The van der Waals surface area contributed by atoms with E-state index in [1.165, 1.54) is 0 Å². The lowest BCUT2D eigenvalue weighted by Crippen LogP contribution is -2.21. The van der Waals surface area contributed by atoms with Crippen LogP contribution in [0.15, 0.2) is 60.8 Å². The van der Waals surface area contributed by atoms with Gasteiger partial charge in [0, 0.05) is 12.7 Å². The number of halogens is 3. The fourth-order valence-corrected chi connectivity index (χ4v) is 2.95. The first-order chi connectivity index (χ1) is 14.9. The molecule has 0 N–H and O–H groups in total. The quantitative estimate of drug-likeness (QED) is 0.415. The van der Waals surface area contributed by atoms with E-state index < -0.39 is 17.6 Å². The lowest BCUT2D eigenvalue weighted by Gasteiger charge is -2.24. The maximum atomic E-state index is 13.5.